The average molecular weight is 353 g/mol. The average Bonchev–Trinajstić information content (AvgIpc) is 2.55. The topological polar surface area (TPSA) is 0 Å². The lowest BCUT2D eigenvalue weighted by atomic mass is 9.76. The first-order valence-corrected chi connectivity index (χ1v) is 11.0. The molecule has 0 saturated carbocycles. The van der Waals surface area contributed by atoms with Crippen molar-refractivity contribution >= 4 is 11.8 Å². The van der Waals surface area contributed by atoms with E-state index in [9.17, 15) is 0 Å². The highest BCUT2D eigenvalue weighted by Crippen LogP contribution is 2.36. The zero-order valence-corrected chi connectivity index (χ0v) is 19.0. The quantitative estimate of drug-likeness (QED) is 0.461. The summed E-state index contributed by atoms with van der Waals surface area (Å²) in [6.45, 7) is 22.3. The second kappa shape index (κ2) is 14.9. The van der Waals surface area contributed by atoms with Gasteiger partial charge in [-0.2, -0.15) is 0 Å². The van der Waals surface area contributed by atoms with Crippen molar-refractivity contribution in [1.82, 2.24) is 0 Å². The summed E-state index contributed by atoms with van der Waals surface area (Å²) < 4.78 is 0. The molecule has 0 radical (unpaired) electrons. The molecule has 0 amide bonds. The third-order valence-corrected chi connectivity index (χ3v) is 4.65. The SMILES string of the molecule is CC.CCCC.CCSc1ccc(C(CC(C)(C)C)C(C)C)cc1. The second-order valence-corrected chi connectivity index (χ2v) is 8.95. The number of benzene rings is 1. The summed E-state index contributed by atoms with van der Waals surface area (Å²) in [5, 5.41) is 0. The molecule has 24 heavy (non-hydrogen) atoms. The van der Waals surface area contributed by atoms with Crippen molar-refractivity contribution in [3.8, 4) is 0 Å². The van der Waals surface area contributed by atoms with Gasteiger partial charge in [0.25, 0.3) is 0 Å². The minimum Gasteiger partial charge on any atom is -0.126 e. The molecule has 0 aromatic heterocycles. The maximum absolute atomic E-state index is 2.34. The van der Waals surface area contributed by atoms with Crippen LogP contribution in [0.4, 0.5) is 0 Å². The van der Waals surface area contributed by atoms with E-state index >= 15 is 0 Å². The molecule has 142 valence electrons. The summed E-state index contributed by atoms with van der Waals surface area (Å²) in [4.78, 5) is 1.39. The summed E-state index contributed by atoms with van der Waals surface area (Å²) in [6, 6.07) is 9.21. The van der Waals surface area contributed by atoms with Crippen LogP contribution in [-0.2, 0) is 0 Å². The van der Waals surface area contributed by atoms with Crippen LogP contribution in [0.5, 0.6) is 0 Å². The van der Waals surface area contributed by atoms with Crippen molar-refractivity contribution in [3.05, 3.63) is 29.8 Å². The summed E-state index contributed by atoms with van der Waals surface area (Å²) in [6.07, 6.45) is 3.89. The van der Waals surface area contributed by atoms with E-state index in [2.05, 4.69) is 79.7 Å². The van der Waals surface area contributed by atoms with Gasteiger partial charge in [0.15, 0.2) is 0 Å². The van der Waals surface area contributed by atoms with Gasteiger partial charge in [-0.1, -0.05) is 94.2 Å². The molecular formula is C23H44S. The van der Waals surface area contributed by atoms with Crippen molar-refractivity contribution in [2.24, 2.45) is 11.3 Å². The Morgan fingerprint density at radius 3 is 1.62 bits per heavy atom. The van der Waals surface area contributed by atoms with Gasteiger partial charge in [-0.3, -0.25) is 0 Å². The maximum Gasteiger partial charge on any atom is 0.00720 e. The maximum atomic E-state index is 2.34. The molecular weight excluding hydrogens is 308 g/mol. The van der Waals surface area contributed by atoms with E-state index in [4.69, 9.17) is 0 Å². The Kier molecular flexibility index (Phi) is 16.0. The van der Waals surface area contributed by atoms with Gasteiger partial charge in [-0.05, 0) is 47.1 Å². The number of hydrogen-bond acceptors (Lipinski definition) is 1. The Hall–Kier alpha value is -0.430. The van der Waals surface area contributed by atoms with Crippen LogP contribution in [0.2, 0.25) is 0 Å². The molecule has 1 aromatic rings. The van der Waals surface area contributed by atoms with E-state index in [1.165, 1.54) is 29.7 Å². The Bertz CT molecular complexity index is 368. The molecule has 1 unspecified atom stereocenters. The summed E-state index contributed by atoms with van der Waals surface area (Å²) >= 11 is 1.92. The Morgan fingerprint density at radius 2 is 1.33 bits per heavy atom. The molecule has 1 aromatic carbocycles. The number of rotatable bonds is 6. The molecule has 1 rings (SSSR count). The van der Waals surface area contributed by atoms with Gasteiger partial charge in [-0.25, -0.2) is 0 Å². The molecule has 0 aliphatic carbocycles. The number of hydrogen-bond donors (Lipinski definition) is 0. The summed E-state index contributed by atoms with van der Waals surface area (Å²) in [5.74, 6) is 2.52. The second-order valence-electron chi connectivity index (χ2n) is 7.62. The van der Waals surface area contributed by atoms with E-state index in [-0.39, 0.29) is 0 Å². The minimum absolute atomic E-state index is 0.395. The monoisotopic (exact) mass is 352 g/mol. The van der Waals surface area contributed by atoms with Gasteiger partial charge in [0.2, 0.25) is 0 Å². The zero-order chi connectivity index (χ0) is 19.2. The standard InChI is InChI=1S/C17H28S.C4H10.C2H6/c1-7-18-15-10-8-14(9-11-15)16(13(2)3)12-17(4,5)6;1-3-4-2;1-2/h8-11,13,16H,7,12H2,1-6H3;3-4H2,1-2H3;1-2H3. The highest BCUT2D eigenvalue weighted by atomic mass is 32.2. The Morgan fingerprint density at radius 1 is 0.875 bits per heavy atom. The van der Waals surface area contributed by atoms with E-state index in [1.807, 2.05) is 25.6 Å². The van der Waals surface area contributed by atoms with Gasteiger partial charge < -0.3 is 0 Å². The van der Waals surface area contributed by atoms with Crippen molar-refractivity contribution < 1.29 is 0 Å². The normalized spacial score (nSPS) is 12.0. The molecule has 0 spiro atoms. The highest BCUT2D eigenvalue weighted by Gasteiger charge is 2.22. The van der Waals surface area contributed by atoms with E-state index < -0.39 is 0 Å². The van der Waals surface area contributed by atoms with Crippen LogP contribution in [-0.4, -0.2) is 5.75 Å². The molecule has 0 N–H and O–H groups in total. The first-order valence-electron chi connectivity index (χ1n) is 9.97. The van der Waals surface area contributed by atoms with Crippen molar-refractivity contribution in [2.45, 2.75) is 99.3 Å². The number of thioether (sulfide) groups is 1. The highest BCUT2D eigenvalue weighted by molar-refractivity contribution is 7.99. The predicted octanol–water partition coefficient (Wildman–Crippen LogP) is 8.81. The lowest BCUT2D eigenvalue weighted by Gasteiger charge is -2.29. The van der Waals surface area contributed by atoms with Crippen LogP contribution >= 0.6 is 11.8 Å². The van der Waals surface area contributed by atoms with Gasteiger partial charge in [0.05, 0.1) is 0 Å². The van der Waals surface area contributed by atoms with Gasteiger partial charge in [-0.15, -0.1) is 11.8 Å². The van der Waals surface area contributed by atoms with E-state index in [1.54, 1.807) is 0 Å². The van der Waals surface area contributed by atoms with Crippen molar-refractivity contribution in [1.29, 1.82) is 0 Å². The third-order valence-electron chi connectivity index (χ3n) is 3.76. The van der Waals surface area contributed by atoms with Gasteiger partial charge in [0.1, 0.15) is 0 Å². The van der Waals surface area contributed by atoms with Crippen LogP contribution in [0.1, 0.15) is 100.0 Å². The predicted molar refractivity (Wildman–Crippen MR) is 116 cm³/mol. The van der Waals surface area contributed by atoms with E-state index in [0.717, 1.165) is 5.75 Å². The smallest absolute Gasteiger partial charge is 0.00720 e. The van der Waals surface area contributed by atoms with Crippen LogP contribution in [0.3, 0.4) is 0 Å². The lowest BCUT2D eigenvalue weighted by molar-refractivity contribution is 0.301. The molecule has 0 nitrogen and oxygen atoms in total. The van der Waals surface area contributed by atoms with Crippen LogP contribution in [0.15, 0.2) is 29.2 Å². The van der Waals surface area contributed by atoms with Crippen molar-refractivity contribution in [3.63, 3.8) is 0 Å². The first kappa shape index (κ1) is 25.8. The minimum atomic E-state index is 0.395. The molecule has 1 atom stereocenters. The largest absolute Gasteiger partial charge is 0.126 e. The molecule has 1 heteroatoms. The van der Waals surface area contributed by atoms with Crippen LogP contribution in [0, 0.1) is 11.3 Å². The molecule has 0 bridgehead atoms. The lowest BCUT2D eigenvalue weighted by Crippen LogP contribution is -2.16. The van der Waals surface area contributed by atoms with Crippen LogP contribution in [0.25, 0.3) is 0 Å². The Balaban J connectivity index is 0. The fourth-order valence-corrected chi connectivity index (χ4v) is 3.04. The molecule has 0 saturated heterocycles. The van der Waals surface area contributed by atoms with Crippen molar-refractivity contribution in [2.75, 3.05) is 5.75 Å². The zero-order valence-electron chi connectivity index (χ0n) is 18.2. The fraction of sp³-hybridized carbons (Fsp3) is 0.739. The molecule has 0 heterocycles. The molecule has 0 aliphatic rings. The summed E-state index contributed by atoms with van der Waals surface area (Å²) in [7, 11) is 0. The third kappa shape index (κ3) is 12.9. The van der Waals surface area contributed by atoms with E-state index in [0.29, 0.717) is 17.3 Å². The molecule has 0 aliphatic heterocycles. The first-order chi connectivity index (χ1) is 11.2. The molecule has 0 fully saturated rings. The van der Waals surface area contributed by atoms with Crippen LogP contribution < -0.4 is 0 Å². The van der Waals surface area contributed by atoms with Gasteiger partial charge in [0, 0.05) is 4.90 Å². The van der Waals surface area contributed by atoms with Gasteiger partial charge >= 0.3 is 0 Å². The Labute approximate surface area is 158 Å². The number of unbranched alkanes of at least 4 members (excludes halogenated alkanes) is 1. The summed E-state index contributed by atoms with van der Waals surface area (Å²) in [5.41, 5.74) is 1.89. The fourth-order valence-electron chi connectivity index (χ4n) is 2.38.